The highest BCUT2D eigenvalue weighted by Gasteiger charge is 2.42. The summed E-state index contributed by atoms with van der Waals surface area (Å²) >= 11 is 0. The summed E-state index contributed by atoms with van der Waals surface area (Å²) in [5.41, 5.74) is 4.84. The highest BCUT2D eigenvalue weighted by Crippen LogP contribution is 2.40. The first kappa shape index (κ1) is 42.1. The third-order valence-electron chi connectivity index (χ3n) is 11.7. The van der Waals surface area contributed by atoms with Gasteiger partial charge in [0.1, 0.15) is 11.9 Å². The maximum atomic E-state index is 13.0. The molecule has 5 aromatic rings. The van der Waals surface area contributed by atoms with Crippen LogP contribution in [0.4, 0.5) is 16.2 Å². The van der Waals surface area contributed by atoms with E-state index in [9.17, 15) is 29.4 Å². The summed E-state index contributed by atoms with van der Waals surface area (Å²) in [7, 11) is 1.82. The lowest BCUT2D eigenvalue weighted by Crippen LogP contribution is -2.33. The Balaban J connectivity index is 0.752. The Morgan fingerprint density at radius 3 is 2.45 bits per heavy atom. The summed E-state index contributed by atoms with van der Waals surface area (Å²) in [6, 6.07) is 31.2. The Hall–Kier alpha value is -6.02. The predicted molar refractivity (Wildman–Crippen MR) is 233 cm³/mol. The third-order valence-corrected chi connectivity index (χ3v) is 11.7. The Morgan fingerprint density at radius 1 is 0.883 bits per heavy atom. The van der Waals surface area contributed by atoms with Crippen LogP contribution in [0.5, 0.6) is 5.75 Å². The Kier molecular flexibility index (Phi) is 13.9. The first-order chi connectivity index (χ1) is 29.1. The zero-order valence-corrected chi connectivity index (χ0v) is 33.9. The van der Waals surface area contributed by atoms with Crippen LogP contribution in [0.1, 0.15) is 55.8 Å². The van der Waals surface area contributed by atoms with Gasteiger partial charge in [0.2, 0.25) is 17.4 Å². The molecule has 1 saturated heterocycles. The number of phenolic OH excluding ortho intramolecular Hbond substituents is 1. The van der Waals surface area contributed by atoms with Gasteiger partial charge < -0.3 is 40.4 Å². The van der Waals surface area contributed by atoms with Gasteiger partial charge in [0.05, 0.1) is 17.3 Å². The van der Waals surface area contributed by atoms with Crippen LogP contribution in [0.3, 0.4) is 0 Å². The molecule has 2 aliphatic rings. The van der Waals surface area contributed by atoms with Gasteiger partial charge in [-0.25, -0.2) is 4.79 Å². The molecule has 6 N–H and O–H groups in total. The smallest absolute Gasteiger partial charge is 0.411 e. The molecule has 1 aliphatic carbocycles. The van der Waals surface area contributed by atoms with Crippen LogP contribution >= 0.6 is 0 Å². The van der Waals surface area contributed by atoms with E-state index in [1.807, 2.05) is 85.9 Å². The number of aromatic nitrogens is 1. The number of benzene rings is 4. The molecule has 1 aromatic heterocycles. The van der Waals surface area contributed by atoms with Crippen LogP contribution in [0.25, 0.3) is 22.0 Å². The number of hydrogen-bond acceptors (Lipinski definition) is 9. The van der Waals surface area contributed by atoms with Gasteiger partial charge in [-0.15, -0.1) is 0 Å². The van der Waals surface area contributed by atoms with Gasteiger partial charge in [-0.2, -0.15) is 0 Å². The van der Waals surface area contributed by atoms with E-state index in [1.165, 1.54) is 12.1 Å². The van der Waals surface area contributed by atoms with Gasteiger partial charge in [-0.1, -0.05) is 66.7 Å². The van der Waals surface area contributed by atoms with Crippen LogP contribution < -0.4 is 21.5 Å². The molecule has 3 amide bonds. The largest absolute Gasteiger partial charge is 0.506 e. The second-order valence-corrected chi connectivity index (χ2v) is 16.0. The zero-order chi connectivity index (χ0) is 42.0. The molecule has 1 saturated carbocycles. The summed E-state index contributed by atoms with van der Waals surface area (Å²) in [5.74, 6) is 0.838. The Labute approximate surface area is 349 Å². The number of carbonyl (C=O) groups is 3. The van der Waals surface area contributed by atoms with E-state index < -0.39 is 12.2 Å². The number of H-pyrrole nitrogens is 1. The molecule has 0 spiro atoms. The summed E-state index contributed by atoms with van der Waals surface area (Å²) in [6.45, 7) is 3.78. The lowest BCUT2D eigenvalue weighted by molar-refractivity contribution is -0.130. The maximum Gasteiger partial charge on any atom is 0.411 e. The number of unbranched alkanes of at least 4 members (excludes halogenated alkanes) is 1. The van der Waals surface area contributed by atoms with E-state index in [-0.39, 0.29) is 41.3 Å². The maximum absolute atomic E-state index is 13.0. The molecular formula is C47H54N6O7. The minimum atomic E-state index is -0.879. The molecule has 60 heavy (non-hydrogen) atoms. The van der Waals surface area contributed by atoms with Gasteiger partial charge in [0, 0.05) is 81.9 Å². The van der Waals surface area contributed by atoms with Gasteiger partial charge >= 0.3 is 6.09 Å². The topological polar surface area (TPSA) is 176 Å². The Morgan fingerprint density at radius 2 is 1.65 bits per heavy atom. The number of anilines is 2. The number of aliphatic hydroxyl groups excluding tert-OH is 1. The second-order valence-electron chi connectivity index (χ2n) is 16.0. The fourth-order valence-electron chi connectivity index (χ4n) is 8.57. The van der Waals surface area contributed by atoms with Crippen molar-refractivity contribution in [3.05, 3.63) is 125 Å². The van der Waals surface area contributed by atoms with E-state index in [1.54, 1.807) is 17.0 Å². The monoisotopic (exact) mass is 814 g/mol. The molecular weight excluding hydrogens is 761 g/mol. The predicted octanol–water partition coefficient (Wildman–Crippen LogP) is 6.64. The number of likely N-dealkylation sites (tertiary alicyclic amines) is 1. The highest BCUT2D eigenvalue weighted by atomic mass is 16.6. The van der Waals surface area contributed by atoms with Crippen LogP contribution in [-0.2, 0) is 20.9 Å². The number of hydrogen-bond donors (Lipinski definition) is 6. The number of nitrogens with zero attached hydrogens (tertiary/aromatic N) is 2. The molecule has 1 aliphatic heterocycles. The first-order valence-corrected chi connectivity index (χ1v) is 20.8. The van der Waals surface area contributed by atoms with E-state index in [0.29, 0.717) is 67.4 Å². The summed E-state index contributed by atoms with van der Waals surface area (Å²) in [5, 5.41) is 30.7. The van der Waals surface area contributed by atoms with Gasteiger partial charge in [-0.3, -0.25) is 19.7 Å². The normalized spacial score (nSPS) is 17.9. The van der Waals surface area contributed by atoms with Crippen molar-refractivity contribution < 1.29 is 29.3 Å². The fourth-order valence-corrected chi connectivity index (χ4v) is 8.57. The summed E-state index contributed by atoms with van der Waals surface area (Å²) < 4.78 is 5.87. The number of amides is 3. The molecule has 0 bridgehead atoms. The number of nitrogens with one attached hydrogen (secondary N) is 4. The molecule has 2 heterocycles. The third kappa shape index (κ3) is 11.0. The molecule has 4 aromatic carbocycles. The molecule has 7 rings (SSSR count). The van der Waals surface area contributed by atoms with Crippen molar-refractivity contribution in [1.82, 2.24) is 20.1 Å². The van der Waals surface area contributed by atoms with Gasteiger partial charge in [0.15, 0.2) is 0 Å². The number of aromatic hydroxyl groups is 1. The van der Waals surface area contributed by atoms with Crippen molar-refractivity contribution in [2.75, 3.05) is 50.4 Å². The van der Waals surface area contributed by atoms with Crippen molar-refractivity contribution >= 4 is 40.2 Å². The lowest BCUT2D eigenvalue weighted by Gasteiger charge is -2.21. The van der Waals surface area contributed by atoms with Crippen molar-refractivity contribution in [3.8, 4) is 16.9 Å². The first-order valence-electron chi connectivity index (χ1n) is 20.8. The van der Waals surface area contributed by atoms with Crippen molar-refractivity contribution in [2.45, 2.75) is 57.3 Å². The molecule has 314 valence electrons. The molecule has 3 unspecified atom stereocenters. The average Bonchev–Trinajstić information content (AvgIpc) is 3.80. The van der Waals surface area contributed by atoms with Crippen LogP contribution in [0.15, 0.2) is 108 Å². The number of aliphatic hydroxyl groups is 1. The highest BCUT2D eigenvalue weighted by molar-refractivity contribution is 5.92. The van der Waals surface area contributed by atoms with E-state index in [0.717, 1.165) is 54.7 Å². The number of rotatable bonds is 17. The fraction of sp³-hybridized carbons (Fsp3) is 0.362. The van der Waals surface area contributed by atoms with Crippen molar-refractivity contribution in [2.24, 2.45) is 11.8 Å². The number of pyridine rings is 1. The van der Waals surface area contributed by atoms with Crippen molar-refractivity contribution in [3.63, 3.8) is 0 Å². The van der Waals surface area contributed by atoms with E-state index in [2.05, 4.69) is 25.8 Å². The molecule has 2 fully saturated rings. The van der Waals surface area contributed by atoms with Gasteiger partial charge in [-0.05, 0) is 84.5 Å². The van der Waals surface area contributed by atoms with Gasteiger partial charge in [0.25, 0.3) is 0 Å². The number of ether oxygens (including phenoxy) is 1. The number of para-hydroxylation sites is 1. The average molecular weight is 815 g/mol. The van der Waals surface area contributed by atoms with Crippen LogP contribution in [0, 0.1) is 11.8 Å². The number of aromatic amines is 1. The molecule has 13 heteroatoms. The van der Waals surface area contributed by atoms with E-state index in [4.69, 9.17) is 4.74 Å². The minimum absolute atomic E-state index is 0.0608. The molecule has 3 atom stereocenters. The van der Waals surface area contributed by atoms with Crippen LogP contribution in [-0.4, -0.2) is 88.8 Å². The standard InChI is InChI=1S/C47H54N6O7/c1-52(45(58)21-23-53-29-33-25-36(26-34(33)30-53)60-47(59)50-40-15-6-5-14-37(40)32-11-3-2-4-12-32)22-8-7-16-43(56)49-35-13-9-10-31(24-35)27-48-28-42(55)38-17-19-41(54)46-39(38)18-20-44(57)51-46/h2-6,9-15,17-20,24,33-34,36,42,48,54-55H,7-8,16,21-23,25-30H2,1H3,(H,49,56)(H,50,59)(H,51,57). The number of fused-ring (bicyclic) bond motifs is 2. The second kappa shape index (κ2) is 19.8. The summed E-state index contributed by atoms with van der Waals surface area (Å²) in [4.78, 5) is 57.0. The van der Waals surface area contributed by atoms with Crippen molar-refractivity contribution in [1.29, 1.82) is 0 Å². The Bertz CT molecular complexity index is 2320. The SMILES string of the molecule is CN(CCCCC(=O)Nc1cccc(CNCC(O)c2ccc(O)c3[nH]c(=O)ccc23)c1)C(=O)CCN1CC2CC(OC(=O)Nc3ccccc3-c3ccccc3)CC2C1. The molecule has 13 nitrogen and oxygen atoms in total. The van der Waals surface area contributed by atoms with E-state index >= 15 is 0 Å². The lowest BCUT2D eigenvalue weighted by atomic mass is 10.0. The minimum Gasteiger partial charge on any atom is -0.506 e. The molecule has 0 radical (unpaired) electrons. The quantitative estimate of drug-likeness (QED) is 0.0562. The summed E-state index contributed by atoms with van der Waals surface area (Å²) in [6.07, 6.45) is 2.39. The van der Waals surface area contributed by atoms with Crippen LogP contribution in [0.2, 0.25) is 0 Å². The number of phenols is 1. The zero-order valence-electron chi connectivity index (χ0n) is 33.9. The number of carbonyl (C=O) groups excluding carboxylic acids is 3.